The van der Waals surface area contributed by atoms with E-state index in [4.69, 9.17) is 0 Å². The average Bonchev–Trinajstić information content (AvgIpc) is 3.37. The van der Waals surface area contributed by atoms with Crippen LogP contribution in [0.2, 0.25) is 0 Å². The van der Waals surface area contributed by atoms with Crippen molar-refractivity contribution >= 4 is 55.0 Å². The Bertz CT molecular complexity index is 876. The van der Waals surface area contributed by atoms with Gasteiger partial charge in [-0.3, -0.25) is 14.4 Å². The van der Waals surface area contributed by atoms with Crippen LogP contribution in [0.25, 0.3) is 0 Å². The van der Waals surface area contributed by atoms with Crippen molar-refractivity contribution in [2.75, 3.05) is 0 Å². The predicted molar refractivity (Wildman–Crippen MR) is 158 cm³/mol. The van der Waals surface area contributed by atoms with Crippen molar-refractivity contribution < 1.29 is 14.4 Å². The molecule has 0 spiro atoms. The van der Waals surface area contributed by atoms with Gasteiger partial charge in [0.05, 0.1) is 6.33 Å². The molecule has 0 saturated heterocycles. The molecule has 10 heteroatoms. The molecule has 196 valence electrons. The highest BCUT2D eigenvalue weighted by Gasteiger charge is 2.33. The number of nitrogens with one attached hydrogen (secondary N) is 3. The van der Waals surface area contributed by atoms with E-state index in [0.29, 0.717) is 0 Å². The molecule has 2 atom stereocenters. The molecular weight excluding hydrogens is 672 g/mol. The van der Waals surface area contributed by atoms with Gasteiger partial charge in [0, 0.05) is 74.6 Å². The number of carbonyl (C=O) groups is 3. The number of hydrogen-bond donors (Lipinski definition) is 3. The summed E-state index contributed by atoms with van der Waals surface area (Å²) < 4.78 is 0. The molecule has 0 aliphatic heterocycles. The van der Waals surface area contributed by atoms with Crippen LogP contribution in [0.15, 0.2) is 42.9 Å². The van der Waals surface area contributed by atoms with Gasteiger partial charge in [-0.2, -0.15) is 0 Å². The van der Waals surface area contributed by atoms with E-state index < -0.39 is 12.1 Å². The Kier molecular flexibility index (Phi) is 16.8. The molecule has 8 nitrogen and oxygen atoms in total. The van der Waals surface area contributed by atoms with Crippen molar-refractivity contribution in [3.8, 4) is 0 Å². The summed E-state index contributed by atoms with van der Waals surface area (Å²) in [7, 11) is 0. The lowest BCUT2D eigenvalue weighted by Crippen LogP contribution is -2.57. The summed E-state index contributed by atoms with van der Waals surface area (Å²) in [4.78, 5) is 46.9. The zero-order valence-electron chi connectivity index (χ0n) is 21.7. The first-order valence-electron chi connectivity index (χ1n) is 11.7. The molecule has 35 heavy (non-hydrogen) atoms. The second-order valence-corrected chi connectivity index (χ2v) is 8.39. The molecule has 0 aliphatic rings. The van der Waals surface area contributed by atoms with Crippen molar-refractivity contribution in [1.29, 1.82) is 0 Å². The van der Waals surface area contributed by atoms with Gasteiger partial charge >= 0.3 is 0 Å². The molecule has 0 bridgehead atoms. The number of hydrogen-bond acceptors (Lipinski definition) is 4. The Balaban J connectivity index is 0.00000274. The number of imidazole rings is 1. The van der Waals surface area contributed by atoms with Gasteiger partial charge in [-0.15, -0.1) is 0 Å². The summed E-state index contributed by atoms with van der Waals surface area (Å²) in [6, 6.07) is 7.94. The minimum absolute atomic E-state index is 0.237. The lowest BCUT2D eigenvalue weighted by Gasteiger charge is -2.34. The highest BCUT2D eigenvalue weighted by Crippen LogP contribution is 2.15. The van der Waals surface area contributed by atoms with Gasteiger partial charge < -0.3 is 20.5 Å². The lowest BCUT2D eigenvalue weighted by molar-refractivity contribution is -0.143. The minimum Gasteiger partial charge on any atom is -0.349 e. The molecular formula is C25H39I2N5O3. The minimum atomic E-state index is -0.823. The number of H-pyrrole nitrogens is 1. The number of benzene rings is 1. The van der Waals surface area contributed by atoms with Crippen LogP contribution in [0.5, 0.6) is 0 Å². The Morgan fingerprint density at radius 2 is 1.74 bits per heavy atom. The summed E-state index contributed by atoms with van der Waals surface area (Å²) in [5, 5.41) is 5.74. The zero-order chi connectivity index (χ0) is 27.0. The summed E-state index contributed by atoms with van der Waals surface area (Å²) in [5.74, 6) is -0.883. The first-order valence-corrected chi connectivity index (χ1v) is 18.0. The summed E-state index contributed by atoms with van der Waals surface area (Å²) >= 11 is 4.24. The number of amides is 3. The predicted octanol–water partition coefficient (Wildman–Crippen LogP) is 4.98. The smallest absolute Gasteiger partial charge is 0.246 e. The maximum Gasteiger partial charge on any atom is 0.246 e. The second kappa shape index (κ2) is 17.7. The third-order valence-corrected chi connectivity index (χ3v) is 5.33. The van der Waals surface area contributed by atoms with Crippen LogP contribution in [0.1, 0.15) is 66.1 Å². The van der Waals surface area contributed by atoms with Crippen LogP contribution in [-0.2, 0) is 27.3 Å². The Morgan fingerprint density at radius 1 is 1.14 bits per heavy atom. The van der Waals surface area contributed by atoms with E-state index in [0.717, 1.165) is 17.7 Å². The Hall–Kier alpha value is -1.70. The van der Waals surface area contributed by atoms with Crippen LogP contribution >= 0.6 is 37.2 Å². The third kappa shape index (κ3) is 12.2. The molecule has 1 aromatic carbocycles. The molecule has 2 unspecified atom stereocenters. The normalized spacial score (nSPS) is 12.0. The third-order valence-electron chi connectivity index (χ3n) is 5.33. The molecule has 1 aromatic heterocycles. The fourth-order valence-electron chi connectivity index (χ4n) is 3.12. The number of aromatic nitrogens is 2. The van der Waals surface area contributed by atoms with Gasteiger partial charge in [0.1, 0.15) is 12.1 Å². The van der Waals surface area contributed by atoms with Crippen molar-refractivity contribution in [3.05, 3.63) is 54.1 Å². The van der Waals surface area contributed by atoms with E-state index in [-0.39, 0.29) is 36.2 Å². The number of rotatable bonds is 10. The van der Waals surface area contributed by atoms with Gasteiger partial charge in [-0.05, 0) is 32.8 Å². The second-order valence-electron chi connectivity index (χ2n) is 8.39. The van der Waals surface area contributed by atoms with E-state index in [1.165, 1.54) is 18.2 Å². The van der Waals surface area contributed by atoms with E-state index in [1.54, 1.807) is 13.1 Å². The van der Waals surface area contributed by atoms with Crippen LogP contribution in [0.3, 0.4) is 0 Å². The molecule has 0 aliphatic carbocycles. The Morgan fingerprint density at radius 3 is 2.23 bits per heavy atom. The van der Waals surface area contributed by atoms with Crippen molar-refractivity contribution in [3.63, 3.8) is 0 Å². The standard InChI is InChI=1S/C23H33N5O3.C2H6.I2/c1-6-23(4,5)27-21(30)16(2)28(14-18-10-8-7-9-11-18)22(31)20(26-17(3)29)12-19-13-24-15-25-19;2*1-2/h7-11,13,15-16,20H,6,12,14H2,1-5H3,(H,24,25)(H,26,29)(H,27,30);1-2H3;. The maximum absolute atomic E-state index is 13.6. The van der Waals surface area contributed by atoms with Gasteiger partial charge in [-0.1, -0.05) is 51.1 Å². The SMILES string of the molecule is CC.CCC(C)(C)NC(=O)C(C)N(Cc1ccccc1)C(=O)C(Cc1cnc[nH]1)NC(C)=O.II. The summed E-state index contributed by atoms with van der Waals surface area (Å²) in [6.45, 7) is 13.2. The van der Waals surface area contributed by atoms with Crippen LogP contribution in [0.4, 0.5) is 0 Å². The molecule has 3 amide bonds. The molecule has 2 aromatic rings. The van der Waals surface area contributed by atoms with Crippen LogP contribution in [0, 0.1) is 0 Å². The van der Waals surface area contributed by atoms with E-state index in [2.05, 4.69) is 57.8 Å². The summed E-state index contributed by atoms with van der Waals surface area (Å²) in [5.41, 5.74) is 1.23. The molecule has 0 radical (unpaired) electrons. The van der Waals surface area contributed by atoms with Crippen LogP contribution < -0.4 is 10.6 Å². The van der Waals surface area contributed by atoms with Gasteiger partial charge in [0.2, 0.25) is 17.7 Å². The molecule has 1 heterocycles. The first-order chi connectivity index (χ1) is 16.6. The molecule has 0 saturated carbocycles. The topological polar surface area (TPSA) is 107 Å². The quantitative estimate of drug-likeness (QED) is 0.303. The van der Waals surface area contributed by atoms with Crippen molar-refractivity contribution in [2.45, 2.75) is 85.5 Å². The number of aromatic amines is 1. The number of halogens is 2. The van der Waals surface area contributed by atoms with E-state index >= 15 is 0 Å². The van der Waals surface area contributed by atoms with Crippen LogP contribution in [-0.4, -0.2) is 50.2 Å². The highest BCUT2D eigenvalue weighted by molar-refractivity contribution is 15.0. The van der Waals surface area contributed by atoms with Crippen molar-refractivity contribution in [2.24, 2.45) is 0 Å². The van der Waals surface area contributed by atoms with Gasteiger partial charge in [0.15, 0.2) is 0 Å². The van der Waals surface area contributed by atoms with E-state index in [9.17, 15) is 14.4 Å². The maximum atomic E-state index is 13.6. The first kappa shape index (κ1) is 33.3. The molecule has 0 fully saturated rings. The number of nitrogens with zero attached hydrogens (tertiary/aromatic N) is 2. The molecule has 2 rings (SSSR count). The largest absolute Gasteiger partial charge is 0.349 e. The Labute approximate surface area is 233 Å². The molecule has 3 N–H and O–H groups in total. The lowest BCUT2D eigenvalue weighted by atomic mass is 10.0. The fraction of sp³-hybridized carbons (Fsp3) is 0.520. The summed E-state index contributed by atoms with van der Waals surface area (Å²) in [6.07, 6.45) is 4.14. The number of carbonyl (C=O) groups excluding carboxylic acids is 3. The monoisotopic (exact) mass is 711 g/mol. The average molecular weight is 711 g/mol. The van der Waals surface area contributed by atoms with E-state index in [1.807, 2.05) is 65.0 Å². The van der Waals surface area contributed by atoms with Gasteiger partial charge in [-0.25, -0.2) is 4.98 Å². The highest BCUT2D eigenvalue weighted by atomic mass is 128. The van der Waals surface area contributed by atoms with Crippen molar-refractivity contribution in [1.82, 2.24) is 25.5 Å². The van der Waals surface area contributed by atoms with Gasteiger partial charge in [0.25, 0.3) is 0 Å². The fourth-order valence-corrected chi connectivity index (χ4v) is 3.12. The zero-order valence-corrected chi connectivity index (χ0v) is 26.0.